The first kappa shape index (κ1) is 17.8. The molecule has 1 aliphatic rings. The van der Waals surface area contributed by atoms with E-state index in [-0.39, 0.29) is 6.04 Å². The average molecular weight is 382 g/mol. The van der Waals surface area contributed by atoms with Gasteiger partial charge in [0.05, 0.1) is 11.6 Å². The first-order valence-corrected chi connectivity index (χ1v) is 10.0. The molecule has 2 heterocycles. The van der Waals surface area contributed by atoms with Gasteiger partial charge in [-0.3, -0.25) is 14.7 Å². The van der Waals surface area contributed by atoms with Crippen LogP contribution < -0.4 is 0 Å². The largest absolute Gasteiger partial charge is 0.480 e. The van der Waals surface area contributed by atoms with Gasteiger partial charge in [-0.2, -0.15) is 0 Å². The number of benzene rings is 3. The fraction of sp³-hybridized carbons (Fsp3) is 0.200. The van der Waals surface area contributed by atoms with Gasteiger partial charge in [-0.1, -0.05) is 54.6 Å². The van der Waals surface area contributed by atoms with Gasteiger partial charge >= 0.3 is 5.97 Å². The van der Waals surface area contributed by atoms with Crippen molar-refractivity contribution in [3.8, 4) is 0 Å². The first-order chi connectivity index (χ1) is 14.2. The molecule has 0 aliphatic carbocycles. The van der Waals surface area contributed by atoms with Crippen molar-refractivity contribution in [3.63, 3.8) is 0 Å². The zero-order valence-corrected chi connectivity index (χ0v) is 16.0. The van der Waals surface area contributed by atoms with Crippen LogP contribution in [0.5, 0.6) is 0 Å². The molecule has 2 unspecified atom stereocenters. The van der Waals surface area contributed by atoms with Crippen LogP contribution >= 0.6 is 0 Å². The van der Waals surface area contributed by atoms with E-state index in [2.05, 4.69) is 46.3 Å². The minimum atomic E-state index is -0.744. The summed E-state index contributed by atoms with van der Waals surface area (Å²) < 4.78 is 0. The second kappa shape index (κ2) is 7.30. The maximum absolute atomic E-state index is 12.0. The number of rotatable bonds is 4. The quantitative estimate of drug-likeness (QED) is 0.538. The first-order valence-electron chi connectivity index (χ1n) is 10.0. The Labute approximate surface area is 169 Å². The number of carboxylic acid groups (broad SMARTS) is 1. The molecule has 0 amide bonds. The summed E-state index contributed by atoms with van der Waals surface area (Å²) in [5, 5.41) is 13.3. The molecule has 2 atom stereocenters. The number of aliphatic carboxylic acids is 1. The third-order valence-electron chi connectivity index (χ3n) is 5.98. The number of hydrogen-bond donors (Lipinski definition) is 1. The van der Waals surface area contributed by atoms with Crippen molar-refractivity contribution in [2.45, 2.75) is 24.9 Å². The molecule has 1 fully saturated rings. The number of pyridine rings is 1. The molecule has 1 aromatic heterocycles. The molecule has 0 saturated carbocycles. The Hall–Kier alpha value is -3.24. The summed E-state index contributed by atoms with van der Waals surface area (Å²) in [5.41, 5.74) is 3.16. The molecule has 0 spiro atoms. The van der Waals surface area contributed by atoms with Crippen LogP contribution in [0.1, 0.15) is 30.0 Å². The van der Waals surface area contributed by atoms with E-state index >= 15 is 0 Å². The summed E-state index contributed by atoms with van der Waals surface area (Å²) in [5.74, 6) is -0.744. The minimum Gasteiger partial charge on any atom is -0.480 e. The van der Waals surface area contributed by atoms with Crippen molar-refractivity contribution in [2.24, 2.45) is 0 Å². The standard InChI is InChI=1S/C25H22N2O2/c28-25(29)23-10-5-15-27(23)24(19-12-11-17-6-1-2-7-18(17)16-19)21-13-14-26-22-9-4-3-8-20(21)22/h1-4,6-9,11-14,16,23-24H,5,10,15H2,(H,28,29). The van der Waals surface area contributed by atoms with Crippen molar-refractivity contribution in [1.29, 1.82) is 0 Å². The highest BCUT2D eigenvalue weighted by molar-refractivity contribution is 5.85. The molecule has 0 radical (unpaired) electrons. The summed E-state index contributed by atoms with van der Waals surface area (Å²) in [6.07, 6.45) is 3.41. The maximum atomic E-state index is 12.0. The molecular weight excluding hydrogens is 360 g/mol. The second-order valence-electron chi connectivity index (χ2n) is 7.66. The fourth-order valence-corrected chi connectivity index (χ4v) is 4.65. The molecule has 5 rings (SSSR count). The third-order valence-corrected chi connectivity index (χ3v) is 5.98. The van der Waals surface area contributed by atoms with E-state index in [1.807, 2.05) is 42.6 Å². The van der Waals surface area contributed by atoms with E-state index in [0.717, 1.165) is 35.0 Å². The SMILES string of the molecule is O=C(O)C1CCCN1C(c1ccc2ccccc2c1)c1ccnc2ccccc12. The van der Waals surface area contributed by atoms with E-state index < -0.39 is 12.0 Å². The van der Waals surface area contributed by atoms with E-state index in [9.17, 15) is 9.90 Å². The summed E-state index contributed by atoms with van der Waals surface area (Å²) in [6, 6.07) is 24.3. The number of nitrogens with zero attached hydrogens (tertiary/aromatic N) is 2. The van der Waals surface area contributed by atoms with Crippen molar-refractivity contribution in [3.05, 3.63) is 90.1 Å². The van der Waals surface area contributed by atoms with Crippen LogP contribution in [-0.2, 0) is 4.79 Å². The monoisotopic (exact) mass is 382 g/mol. The van der Waals surface area contributed by atoms with Gasteiger partial charge in [0.1, 0.15) is 6.04 Å². The van der Waals surface area contributed by atoms with Crippen molar-refractivity contribution >= 4 is 27.6 Å². The Morgan fingerprint density at radius 2 is 1.79 bits per heavy atom. The van der Waals surface area contributed by atoms with Gasteiger partial charge in [-0.25, -0.2) is 0 Å². The maximum Gasteiger partial charge on any atom is 0.320 e. The van der Waals surface area contributed by atoms with Gasteiger partial charge in [-0.05, 0) is 52.9 Å². The van der Waals surface area contributed by atoms with E-state index in [1.165, 1.54) is 10.8 Å². The minimum absolute atomic E-state index is 0.129. The Balaban J connectivity index is 1.73. The highest BCUT2D eigenvalue weighted by atomic mass is 16.4. The summed E-state index contributed by atoms with van der Waals surface area (Å²) in [7, 11) is 0. The molecule has 3 aromatic carbocycles. The number of aromatic nitrogens is 1. The Morgan fingerprint density at radius 1 is 1.00 bits per heavy atom. The lowest BCUT2D eigenvalue weighted by atomic mass is 9.92. The van der Waals surface area contributed by atoms with Crippen LogP contribution in [0.2, 0.25) is 0 Å². The van der Waals surface area contributed by atoms with Gasteiger partial charge < -0.3 is 5.11 Å². The summed E-state index contributed by atoms with van der Waals surface area (Å²) >= 11 is 0. The predicted molar refractivity (Wildman–Crippen MR) is 115 cm³/mol. The van der Waals surface area contributed by atoms with Gasteiger partial charge in [0.2, 0.25) is 0 Å². The molecule has 4 nitrogen and oxygen atoms in total. The summed E-state index contributed by atoms with van der Waals surface area (Å²) in [6.45, 7) is 0.769. The highest BCUT2D eigenvalue weighted by Crippen LogP contribution is 2.38. The zero-order chi connectivity index (χ0) is 19.8. The van der Waals surface area contributed by atoms with E-state index in [4.69, 9.17) is 0 Å². The predicted octanol–water partition coefficient (Wildman–Crippen LogP) is 5.03. The van der Waals surface area contributed by atoms with Gasteiger partial charge in [0, 0.05) is 18.1 Å². The van der Waals surface area contributed by atoms with Gasteiger partial charge in [-0.15, -0.1) is 0 Å². The third kappa shape index (κ3) is 3.15. The number of carbonyl (C=O) groups is 1. The number of likely N-dealkylation sites (tertiary alicyclic amines) is 1. The molecule has 144 valence electrons. The Morgan fingerprint density at radius 3 is 2.66 bits per heavy atom. The molecule has 1 N–H and O–H groups in total. The normalized spacial score (nSPS) is 18.3. The van der Waals surface area contributed by atoms with Crippen LogP contribution in [0.15, 0.2) is 79.0 Å². The number of fused-ring (bicyclic) bond motifs is 2. The lowest BCUT2D eigenvalue weighted by Crippen LogP contribution is -2.39. The lowest BCUT2D eigenvalue weighted by Gasteiger charge is -2.32. The van der Waals surface area contributed by atoms with E-state index in [1.54, 1.807) is 0 Å². The average Bonchev–Trinajstić information content (AvgIpc) is 3.24. The molecule has 4 heteroatoms. The molecule has 4 aromatic rings. The van der Waals surface area contributed by atoms with Gasteiger partial charge in [0.15, 0.2) is 0 Å². The molecular formula is C25H22N2O2. The van der Waals surface area contributed by atoms with Crippen LogP contribution in [0.4, 0.5) is 0 Å². The van der Waals surface area contributed by atoms with E-state index in [0.29, 0.717) is 6.42 Å². The number of carboxylic acids is 1. The molecule has 1 aliphatic heterocycles. The van der Waals surface area contributed by atoms with Crippen LogP contribution in [-0.4, -0.2) is 33.5 Å². The number of hydrogen-bond acceptors (Lipinski definition) is 3. The van der Waals surface area contributed by atoms with Crippen LogP contribution in [0, 0.1) is 0 Å². The second-order valence-corrected chi connectivity index (χ2v) is 7.66. The topological polar surface area (TPSA) is 53.4 Å². The van der Waals surface area contributed by atoms with Crippen molar-refractivity contribution in [2.75, 3.05) is 6.54 Å². The lowest BCUT2D eigenvalue weighted by molar-refractivity contribution is -0.142. The fourth-order valence-electron chi connectivity index (χ4n) is 4.65. The molecule has 0 bridgehead atoms. The molecule has 29 heavy (non-hydrogen) atoms. The Bertz CT molecular complexity index is 1200. The number of para-hydroxylation sites is 1. The summed E-state index contributed by atoms with van der Waals surface area (Å²) in [4.78, 5) is 18.7. The smallest absolute Gasteiger partial charge is 0.320 e. The Kier molecular flexibility index (Phi) is 4.49. The zero-order valence-electron chi connectivity index (χ0n) is 16.0. The van der Waals surface area contributed by atoms with Crippen LogP contribution in [0.25, 0.3) is 21.7 Å². The highest BCUT2D eigenvalue weighted by Gasteiger charge is 2.37. The van der Waals surface area contributed by atoms with Crippen molar-refractivity contribution < 1.29 is 9.90 Å². The van der Waals surface area contributed by atoms with Crippen LogP contribution in [0.3, 0.4) is 0 Å². The van der Waals surface area contributed by atoms with Crippen molar-refractivity contribution in [1.82, 2.24) is 9.88 Å². The van der Waals surface area contributed by atoms with Gasteiger partial charge in [0.25, 0.3) is 0 Å². The molecule has 1 saturated heterocycles.